The lowest BCUT2D eigenvalue weighted by molar-refractivity contribution is -0.121. The van der Waals surface area contributed by atoms with Gasteiger partial charge in [0.25, 0.3) is 0 Å². The second kappa shape index (κ2) is 12.8. The Morgan fingerprint density at radius 3 is 2.67 bits per heavy atom. The summed E-state index contributed by atoms with van der Waals surface area (Å²) >= 11 is 0. The molecule has 0 aliphatic heterocycles. The van der Waals surface area contributed by atoms with Gasteiger partial charge in [0.1, 0.15) is 0 Å². The number of hydrogen-bond acceptors (Lipinski definition) is 3. The molecule has 0 aromatic heterocycles. The molecule has 0 spiro atoms. The van der Waals surface area contributed by atoms with Crippen LogP contribution in [0.1, 0.15) is 52.4 Å². The van der Waals surface area contributed by atoms with Gasteiger partial charge in [-0.05, 0) is 38.1 Å². The summed E-state index contributed by atoms with van der Waals surface area (Å²) in [7, 11) is 0. The van der Waals surface area contributed by atoms with Gasteiger partial charge in [-0.25, -0.2) is 0 Å². The van der Waals surface area contributed by atoms with E-state index in [2.05, 4.69) is 19.2 Å². The smallest absolute Gasteiger partial charge is 0.220 e. The maximum atomic E-state index is 11.6. The van der Waals surface area contributed by atoms with E-state index in [9.17, 15) is 4.79 Å². The monoisotopic (exact) mass is 258 g/mol. The Bertz CT molecular complexity index is 198. The molecule has 0 heterocycles. The van der Waals surface area contributed by atoms with E-state index in [-0.39, 0.29) is 5.91 Å². The van der Waals surface area contributed by atoms with Crippen molar-refractivity contribution in [3.8, 4) is 0 Å². The highest BCUT2D eigenvalue weighted by atomic mass is 16.5. The Morgan fingerprint density at radius 2 is 2.06 bits per heavy atom. The molecular weight excluding hydrogens is 228 g/mol. The van der Waals surface area contributed by atoms with E-state index in [1.165, 1.54) is 0 Å². The molecule has 0 saturated carbocycles. The molecule has 108 valence electrons. The highest BCUT2D eigenvalue weighted by molar-refractivity contribution is 5.75. The van der Waals surface area contributed by atoms with Crippen LogP contribution in [0.25, 0.3) is 0 Å². The molecule has 1 atom stereocenters. The number of carbonyl (C=O) groups is 1. The van der Waals surface area contributed by atoms with E-state index in [0.29, 0.717) is 12.3 Å². The van der Waals surface area contributed by atoms with Gasteiger partial charge in [0.05, 0.1) is 0 Å². The van der Waals surface area contributed by atoms with Gasteiger partial charge >= 0.3 is 0 Å². The summed E-state index contributed by atoms with van der Waals surface area (Å²) in [6.07, 6.45) is 5.64. The third-order valence-corrected chi connectivity index (χ3v) is 3.07. The first-order valence-electron chi connectivity index (χ1n) is 7.29. The predicted molar refractivity (Wildman–Crippen MR) is 75.4 cm³/mol. The van der Waals surface area contributed by atoms with Crippen LogP contribution >= 0.6 is 0 Å². The van der Waals surface area contributed by atoms with Crippen LogP contribution in [0.3, 0.4) is 0 Å². The second-order valence-corrected chi connectivity index (χ2v) is 4.71. The first-order chi connectivity index (χ1) is 8.74. The minimum atomic E-state index is 0.154. The van der Waals surface area contributed by atoms with Gasteiger partial charge in [-0.2, -0.15) is 0 Å². The van der Waals surface area contributed by atoms with Crippen molar-refractivity contribution >= 4 is 5.91 Å². The van der Waals surface area contributed by atoms with Crippen LogP contribution in [0.2, 0.25) is 0 Å². The fourth-order valence-electron chi connectivity index (χ4n) is 1.86. The number of hydrogen-bond donors (Lipinski definition) is 2. The molecule has 0 rings (SSSR count). The van der Waals surface area contributed by atoms with Gasteiger partial charge in [-0.3, -0.25) is 4.79 Å². The first kappa shape index (κ1) is 17.4. The average Bonchev–Trinajstić information content (AvgIpc) is 2.38. The van der Waals surface area contributed by atoms with E-state index in [4.69, 9.17) is 10.5 Å². The van der Waals surface area contributed by atoms with Crippen LogP contribution in [0, 0.1) is 5.92 Å². The zero-order chi connectivity index (χ0) is 13.6. The first-order valence-corrected chi connectivity index (χ1v) is 7.29. The summed E-state index contributed by atoms with van der Waals surface area (Å²) in [6.45, 7) is 7.23. The highest BCUT2D eigenvalue weighted by Gasteiger charge is 2.08. The van der Waals surface area contributed by atoms with Crippen molar-refractivity contribution in [2.75, 3.05) is 26.3 Å². The third-order valence-electron chi connectivity index (χ3n) is 3.07. The van der Waals surface area contributed by atoms with Crippen LogP contribution in [0.4, 0.5) is 0 Å². The van der Waals surface area contributed by atoms with E-state index in [0.717, 1.165) is 58.4 Å². The summed E-state index contributed by atoms with van der Waals surface area (Å²) in [4.78, 5) is 11.6. The quantitative estimate of drug-likeness (QED) is 0.527. The maximum Gasteiger partial charge on any atom is 0.220 e. The third kappa shape index (κ3) is 10.5. The molecule has 4 nitrogen and oxygen atoms in total. The molecule has 0 aliphatic carbocycles. The van der Waals surface area contributed by atoms with E-state index in [1.54, 1.807) is 0 Å². The minimum Gasteiger partial charge on any atom is -0.381 e. The number of ether oxygens (including phenoxy) is 1. The molecule has 18 heavy (non-hydrogen) atoms. The van der Waals surface area contributed by atoms with Crippen LogP contribution in [0.5, 0.6) is 0 Å². The second-order valence-electron chi connectivity index (χ2n) is 4.71. The van der Waals surface area contributed by atoms with Gasteiger partial charge in [-0.1, -0.05) is 20.3 Å². The van der Waals surface area contributed by atoms with Crippen LogP contribution < -0.4 is 11.1 Å². The minimum absolute atomic E-state index is 0.154. The van der Waals surface area contributed by atoms with E-state index >= 15 is 0 Å². The summed E-state index contributed by atoms with van der Waals surface area (Å²) in [6, 6.07) is 0. The Balaban J connectivity index is 3.41. The number of amides is 1. The topological polar surface area (TPSA) is 64.3 Å². The van der Waals surface area contributed by atoms with Gasteiger partial charge in [0, 0.05) is 26.2 Å². The van der Waals surface area contributed by atoms with E-state index < -0.39 is 0 Å². The van der Waals surface area contributed by atoms with Crippen molar-refractivity contribution in [3.05, 3.63) is 0 Å². The van der Waals surface area contributed by atoms with Gasteiger partial charge < -0.3 is 15.8 Å². The van der Waals surface area contributed by atoms with Crippen LogP contribution in [0.15, 0.2) is 0 Å². The average molecular weight is 258 g/mol. The molecule has 0 aromatic rings. The molecule has 4 heteroatoms. The van der Waals surface area contributed by atoms with Crippen molar-refractivity contribution in [1.29, 1.82) is 0 Å². The highest BCUT2D eigenvalue weighted by Crippen LogP contribution is 2.14. The Labute approximate surface area is 112 Å². The zero-order valence-electron chi connectivity index (χ0n) is 12.0. The molecule has 3 N–H and O–H groups in total. The van der Waals surface area contributed by atoms with Gasteiger partial charge in [0.15, 0.2) is 0 Å². The molecular formula is C14H30N2O2. The zero-order valence-corrected chi connectivity index (χ0v) is 12.0. The molecule has 1 amide bonds. The molecule has 1 unspecified atom stereocenters. The number of nitrogens with one attached hydrogen (secondary N) is 1. The number of nitrogens with two attached hydrogens (primary N) is 1. The van der Waals surface area contributed by atoms with Crippen LogP contribution in [-0.2, 0) is 9.53 Å². The lowest BCUT2D eigenvalue weighted by Gasteiger charge is -2.13. The molecule has 0 radical (unpaired) electrons. The normalized spacial score (nSPS) is 12.4. The van der Waals surface area contributed by atoms with Gasteiger partial charge in [0.2, 0.25) is 5.91 Å². The van der Waals surface area contributed by atoms with Crippen molar-refractivity contribution in [1.82, 2.24) is 5.32 Å². The number of rotatable bonds is 12. The van der Waals surface area contributed by atoms with Crippen LogP contribution in [-0.4, -0.2) is 32.2 Å². The van der Waals surface area contributed by atoms with Crippen molar-refractivity contribution in [3.63, 3.8) is 0 Å². The fraction of sp³-hybridized carbons (Fsp3) is 0.929. The standard InChI is InChI=1S/C14H30N2O2/c1-3-11-18-12-5-10-16-14(17)7-6-13(4-2)8-9-15/h13H,3-12,15H2,1-2H3,(H,16,17). The van der Waals surface area contributed by atoms with Gasteiger partial charge in [-0.15, -0.1) is 0 Å². The molecule has 0 saturated heterocycles. The summed E-state index contributed by atoms with van der Waals surface area (Å²) in [5.74, 6) is 0.745. The van der Waals surface area contributed by atoms with E-state index in [1.807, 2.05) is 0 Å². The summed E-state index contributed by atoms with van der Waals surface area (Å²) < 4.78 is 5.35. The SMILES string of the molecule is CCCOCCCNC(=O)CCC(CC)CCN. The van der Waals surface area contributed by atoms with Crippen molar-refractivity contribution in [2.45, 2.75) is 52.4 Å². The van der Waals surface area contributed by atoms with Crippen molar-refractivity contribution in [2.24, 2.45) is 11.7 Å². The van der Waals surface area contributed by atoms with Crippen molar-refractivity contribution < 1.29 is 9.53 Å². The summed E-state index contributed by atoms with van der Waals surface area (Å²) in [5.41, 5.74) is 5.54. The lowest BCUT2D eigenvalue weighted by Crippen LogP contribution is -2.25. The molecule has 0 aromatic carbocycles. The Hall–Kier alpha value is -0.610. The Morgan fingerprint density at radius 1 is 1.28 bits per heavy atom. The fourth-order valence-corrected chi connectivity index (χ4v) is 1.86. The largest absolute Gasteiger partial charge is 0.381 e. The number of carbonyl (C=O) groups excluding carboxylic acids is 1. The predicted octanol–water partition coefficient (Wildman–Crippen LogP) is 2.07. The summed E-state index contributed by atoms with van der Waals surface area (Å²) in [5, 5.41) is 2.93. The molecule has 0 fully saturated rings. The lowest BCUT2D eigenvalue weighted by atomic mass is 9.96. The maximum absolute atomic E-state index is 11.6. The Kier molecular flexibility index (Phi) is 12.4. The molecule has 0 aliphatic rings. The molecule has 0 bridgehead atoms.